The van der Waals surface area contributed by atoms with E-state index in [2.05, 4.69) is 15.0 Å². The smallest absolute Gasteiger partial charge is 0.270 e. The van der Waals surface area contributed by atoms with Crippen molar-refractivity contribution in [3.05, 3.63) is 46.5 Å². The molecule has 0 radical (unpaired) electrons. The number of nitrogens with zero attached hydrogens (tertiary/aromatic N) is 3. The fourth-order valence-electron chi connectivity index (χ4n) is 1.81. The minimum absolute atomic E-state index is 0.0189. The van der Waals surface area contributed by atoms with Gasteiger partial charge in [0.1, 0.15) is 11.6 Å². The number of anilines is 1. The van der Waals surface area contributed by atoms with Crippen LogP contribution in [0.2, 0.25) is 0 Å². The van der Waals surface area contributed by atoms with Gasteiger partial charge >= 0.3 is 0 Å². The van der Waals surface area contributed by atoms with Crippen LogP contribution in [0.5, 0.6) is 0 Å². The average Bonchev–Trinajstić information content (AvgIpc) is 2.81. The zero-order valence-corrected chi connectivity index (χ0v) is 9.70. The Hall–Kier alpha value is -2.96. The van der Waals surface area contributed by atoms with Gasteiger partial charge in [0.05, 0.1) is 10.4 Å². The maximum Gasteiger partial charge on any atom is 0.270 e. The number of aromatic nitrogens is 3. The van der Waals surface area contributed by atoms with E-state index in [1.807, 2.05) is 0 Å². The van der Waals surface area contributed by atoms with Crippen LogP contribution in [0, 0.1) is 10.1 Å². The molecule has 0 amide bonds. The van der Waals surface area contributed by atoms with E-state index < -0.39 is 4.92 Å². The number of nitrogen functional groups attached to an aromatic ring is 1. The molecule has 2 heterocycles. The van der Waals surface area contributed by atoms with Crippen LogP contribution in [0.25, 0.3) is 22.6 Å². The first-order chi connectivity index (χ1) is 9.13. The number of nitrogens with one attached hydrogen (secondary N) is 1. The van der Waals surface area contributed by atoms with E-state index in [0.29, 0.717) is 22.9 Å². The number of imidazole rings is 1. The van der Waals surface area contributed by atoms with Crippen molar-refractivity contribution >= 4 is 22.7 Å². The predicted octanol–water partition coefficient (Wildman–Crippen LogP) is 2.12. The van der Waals surface area contributed by atoms with Crippen molar-refractivity contribution in [2.24, 2.45) is 0 Å². The number of nitrogens with two attached hydrogens (primary N) is 1. The first kappa shape index (κ1) is 11.1. The van der Waals surface area contributed by atoms with Gasteiger partial charge in [-0.05, 0) is 12.1 Å². The largest absolute Gasteiger partial charge is 0.384 e. The summed E-state index contributed by atoms with van der Waals surface area (Å²) in [5.74, 6) is 0.904. The standard InChI is InChI=1S/C12H9N5O2/c13-10-5-4-9-12(15-10)16-11(14-9)7-2-1-3-8(6-7)17(18)19/h1-6H,(H3,13,14,15,16). The van der Waals surface area contributed by atoms with E-state index in [4.69, 9.17) is 5.73 Å². The lowest BCUT2D eigenvalue weighted by atomic mass is 10.2. The molecule has 0 saturated heterocycles. The number of fused-ring (bicyclic) bond motifs is 1. The highest BCUT2D eigenvalue weighted by Crippen LogP contribution is 2.23. The number of pyridine rings is 1. The van der Waals surface area contributed by atoms with E-state index >= 15 is 0 Å². The monoisotopic (exact) mass is 255 g/mol. The van der Waals surface area contributed by atoms with Gasteiger partial charge in [0.25, 0.3) is 5.69 Å². The van der Waals surface area contributed by atoms with Crippen LogP contribution in [0.3, 0.4) is 0 Å². The Morgan fingerprint density at radius 3 is 2.84 bits per heavy atom. The summed E-state index contributed by atoms with van der Waals surface area (Å²) in [6.07, 6.45) is 0. The highest BCUT2D eigenvalue weighted by molar-refractivity contribution is 5.77. The van der Waals surface area contributed by atoms with E-state index in [1.165, 1.54) is 12.1 Å². The lowest BCUT2D eigenvalue weighted by molar-refractivity contribution is -0.384. The Morgan fingerprint density at radius 1 is 1.21 bits per heavy atom. The normalized spacial score (nSPS) is 10.7. The number of benzene rings is 1. The van der Waals surface area contributed by atoms with E-state index in [1.54, 1.807) is 24.3 Å². The number of rotatable bonds is 2. The van der Waals surface area contributed by atoms with Gasteiger partial charge in [-0.2, -0.15) is 0 Å². The van der Waals surface area contributed by atoms with Gasteiger partial charge in [-0.3, -0.25) is 10.1 Å². The van der Waals surface area contributed by atoms with Crippen molar-refractivity contribution in [3.8, 4) is 11.4 Å². The Bertz CT molecular complexity index is 781. The lowest BCUT2D eigenvalue weighted by Gasteiger charge is -1.96. The molecule has 0 aliphatic carbocycles. The zero-order chi connectivity index (χ0) is 13.4. The van der Waals surface area contributed by atoms with E-state index in [-0.39, 0.29) is 5.69 Å². The molecular weight excluding hydrogens is 246 g/mol. The number of non-ortho nitro benzene ring substituents is 1. The second-order valence-corrected chi connectivity index (χ2v) is 4.00. The molecular formula is C12H9N5O2. The fourth-order valence-corrected chi connectivity index (χ4v) is 1.81. The molecule has 2 aromatic heterocycles. The van der Waals surface area contributed by atoms with Crippen LogP contribution in [0.4, 0.5) is 11.5 Å². The van der Waals surface area contributed by atoms with Crippen LogP contribution >= 0.6 is 0 Å². The maximum absolute atomic E-state index is 10.7. The molecule has 19 heavy (non-hydrogen) atoms. The summed E-state index contributed by atoms with van der Waals surface area (Å²) in [7, 11) is 0. The van der Waals surface area contributed by atoms with Crippen molar-refractivity contribution in [3.63, 3.8) is 0 Å². The fraction of sp³-hybridized carbons (Fsp3) is 0. The van der Waals surface area contributed by atoms with Gasteiger partial charge in [-0.15, -0.1) is 0 Å². The van der Waals surface area contributed by atoms with Crippen molar-refractivity contribution < 1.29 is 4.92 Å². The van der Waals surface area contributed by atoms with Crippen molar-refractivity contribution in [2.45, 2.75) is 0 Å². The molecule has 0 aliphatic heterocycles. The summed E-state index contributed by atoms with van der Waals surface area (Å²) in [5, 5.41) is 10.7. The van der Waals surface area contributed by atoms with Crippen LogP contribution in [-0.2, 0) is 0 Å². The molecule has 3 aromatic rings. The molecule has 0 atom stereocenters. The molecule has 94 valence electrons. The average molecular weight is 255 g/mol. The summed E-state index contributed by atoms with van der Waals surface area (Å²) in [6, 6.07) is 9.68. The van der Waals surface area contributed by atoms with Gasteiger partial charge in [-0.1, -0.05) is 12.1 Å². The van der Waals surface area contributed by atoms with Gasteiger partial charge in [0.15, 0.2) is 5.65 Å². The highest BCUT2D eigenvalue weighted by atomic mass is 16.6. The second-order valence-electron chi connectivity index (χ2n) is 4.00. The zero-order valence-electron chi connectivity index (χ0n) is 9.70. The van der Waals surface area contributed by atoms with Crippen LogP contribution in [0.1, 0.15) is 0 Å². The molecule has 0 saturated carbocycles. The number of H-pyrrole nitrogens is 1. The molecule has 7 heteroatoms. The number of hydrogen-bond donors (Lipinski definition) is 2. The number of hydrogen-bond acceptors (Lipinski definition) is 5. The number of nitro groups is 1. The molecule has 3 N–H and O–H groups in total. The Labute approximate surface area is 107 Å². The first-order valence-corrected chi connectivity index (χ1v) is 5.50. The second kappa shape index (κ2) is 4.05. The summed E-state index contributed by atoms with van der Waals surface area (Å²) in [6.45, 7) is 0. The third kappa shape index (κ3) is 1.97. The molecule has 0 fully saturated rings. The van der Waals surface area contributed by atoms with Gasteiger partial charge in [0.2, 0.25) is 0 Å². The van der Waals surface area contributed by atoms with Crippen molar-refractivity contribution in [1.29, 1.82) is 0 Å². The van der Waals surface area contributed by atoms with E-state index in [0.717, 1.165) is 5.52 Å². The minimum Gasteiger partial charge on any atom is -0.384 e. The third-order valence-electron chi connectivity index (χ3n) is 2.70. The molecule has 0 aliphatic rings. The van der Waals surface area contributed by atoms with Gasteiger partial charge in [-0.25, -0.2) is 9.97 Å². The Balaban J connectivity index is 2.13. The SMILES string of the molecule is Nc1ccc2[nH]c(-c3cccc([N+](=O)[O-])c3)nc2n1. The highest BCUT2D eigenvalue weighted by Gasteiger charge is 2.10. The Kier molecular flexibility index (Phi) is 2.38. The quantitative estimate of drug-likeness (QED) is 0.538. The van der Waals surface area contributed by atoms with Gasteiger partial charge in [0, 0.05) is 17.7 Å². The van der Waals surface area contributed by atoms with Crippen LogP contribution < -0.4 is 5.73 Å². The number of aromatic amines is 1. The van der Waals surface area contributed by atoms with Crippen molar-refractivity contribution in [1.82, 2.24) is 15.0 Å². The minimum atomic E-state index is -0.442. The van der Waals surface area contributed by atoms with Crippen LogP contribution in [0.15, 0.2) is 36.4 Å². The molecule has 0 unspecified atom stereocenters. The summed E-state index contributed by atoms with van der Waals surface area (Å²) in [5.41, 5.74) is 7.45. The lowest BCUT2D eigenvalue weighted by Crippen LogP contribution is -1.89. The van der Waals surface area contributed by atoms with Crippen LogP contribution in [-0.4, -0.2) is 19.9 Å². The Morgan fingerprint density at radius 2 is 2.05 bits per heavy atom. The number of nitro benzene ring substituents is 1. The summed E-state index contributed by atoms with van der Waals surface area (Å²) >= 11 is 0. The van der Waals surface area contributed by atoms with E-state index in [9.17, 15) is 10.1 Å². The molecule has 7 nitrogen and oxygen atoms in total. The summed E-state index contributed by atoms with van der Waals surface area (Å²) in [4.78, 5) is 21.7. The molecule has 0 spiro atoms. The maximum atomic E-state index is 10.7. The third-order valence-corrected chi connectivity index (χ3v) is 2.70. The topological polar surface area (TPSA) is 111 Å². The van der Waals surface area contributed by atoms with Gasteiger partial charge < -0.3 is 10.7 Å². The van der Waals surface area contributed by atoms with Crippen molar-refractivity contribution in [2.75, 3.05) is 5.73 Å². The summed E-state index contributed by atoms with van der Waals surface area (Å²) < 4.78 is 0. The molecule has 0 bridgehead atoms. The molecule has 3 rings (SSSR count). The predicted molar refractivity (Wildman–Crippen MR) is 70.4 cm³/mol. The molecule has 1 aromatic carbocycles. The first-order valence-electron chi connectivity index (χ1n) is 5.50.